The van der Waals surface area contributed by atoms with Crippen molar-refractivity contribution in [2.75, 3.05) is 39.5 Å². The van der Waals surface area contributed by atoms with E-state index < -0.39 is 10.0 Å². The Balaban J connectivity index is 1.45. The van der Waals surface area contributed by atoms with Gasteiger partial charge in [0.1, 0.15) is 5.75 Å². The van der Waals surface area contributed by atoms with Crippen molar-refractivity contribution in [3.63, 3.8) is 0 Å². The fourth-order valence-corrected chi connectivity index (χ4v) is 5.02. The van der Waals surface area contributed by atoms with Crippen LogP contribution >= 0.6 is 0 Å². The Kier molecular flexibility index (Phi) is 6.42. The van der Waals surface area contributed by atoms with Crippen molar-refractivity contribution in [1.29, 1.82) is 0 Å². The van der Waals surface area contributed by atoms with Crippen molar-refractivity contribution in [2.24, 2.45) is 11.8 Å². The molecule has 3 rings (SSSR count). The van der Waals surface area contributed by atoms with E-state index in [2.05, 4.69) is 12.1 Å². The number of hydrogen-bond donors (Lipinski definition) is 0. The molecular formula is C20H30N2O4S. The SMILES string of the molecule is COc1ccc(CC2CCN(C(=O)C3CCN(S(C)(=O)=O)CC3)CC2)cc1. The Morgan fingerprint density at radius 3 is 2.15 bits per heavy atom. The first-order chi connectivity index (χ1) is 12.9. The zero-order valence-corrected chi connectivity index (χ0v) is 17.1. The molecule has 2 aliphatic rings. The zero-order chi connectivity index (χ0) is 19.4. The normalized spacial score (nSPS) is 20.6. The van der Waals surface area contributed by atoms with Gasteiger partial charge in [-0.3, -0.25) is 4.79 Å². The van der Waals surface area contributed by atoms with E-state index in [0.717, 1.165) is 38.1 Å². The lowest BCUT2D eigenvalue weighted by molar-refractivity contribution is -0.138. The van der Waals surface area contributed by atoms with Gasteiger partial charge in [-0.2, -0.15) is 0 Å². The third kappa shape index (κ3) is 5.23. The molecule has 0 saturated carbocycles. The third-order valence-electron chi connectivity index (χ3n) is 5.88. The van der Waals surface area contributed by atoms with E-state index in [1.807, 2.05) is 17.0 Å². The van der Waals surface area contributed by atoms with Crippen LogP contribution in [-0.4, -0.2) is 63.1 Å². The monoisotopic (exact) mass is 394 g/mol. The van der Waals surface area contributed by atoms with Gasteiger partial charge < -0.3 is 9.64 Å². The standard InChI is InChI=1S/C20H30N2O4S/c1-26-19-5-3-16(4-6-19)15-17-7-11-21(12-8-17)20(23)18-9-13-22(14-10-18)27(2,24)25/h3-6,17-18H,7-15H2,1-2H3. The Morgan fingerprint density at radius 2 is 1.63 bits per heavy atom. The van der Waals surface area contributed by atoms with E-state index in [-0.39, 0.29) is 11.8 Å². The molecule has 2 aliphatic heterocycles. The Hall–Kier alpha value is -1.60. The van der Waals surface area contributed by atoms with Gasteiger partial charge in [-0.1, -0.05) is 12.1 Å². The van der Waals surface area contributed by atoms with Gasteiger partial charge in [0, 0.05) is 32.1 Å². The molecule has 2 saturated heterocycles. The quantitative estimate of drug-likeness (QED) is 0.767. The molecule has 27 heavy (non-hydrogen) atoms. The van der Waals surface area contributed by atoms with Crippen LogP contribution in [0.25, 0.3) is 0 Å². The van der Waals surface area contributed by atoms with Crippen LogP contribution in [0.4, 0.5) is 0 Å². The second-order valence-corrected chi connectivity index (χ2v) is 9.74. The summed E-state index contributed by atoms with van der Waals surface area (Å²) in [5, 5.41) is 0. The molecule has 0 bridgehead atoms. The molecule has 150 valence electrons. The minimum atomic E-state index is -3.14. The number of methoxy groups -OCH3 is 1. The Labute approximate surface area is 162 Å². The predicted octanol–water partition coefficient (Wildman–Crippen LogP) is 2.15. The summed E-state index contributed by atoms with van der Waals surface area (Å²) in [7, 11) is -1.47. The lowest BCUT2D eigenvalue weighted by atomic mass is 9.89. The third-order valence-corrected chi connectivity index (χ3v) is 7.19. The highest BCUT2D eigenvalue weighted by atomic mass is 32.2. The Morgan fingerprint density at radius 1 is 1.04 bits per heavy atom. The number of rotatable bonds is 5. The lowest BCUT2D eigenvalue weighted by Crippen LogP contribution is -2.46. The van der Waals surface area contributed by atoms with Gasteiger partial charge in [0.25, 0.3) is 0 Å². The molecule has 7 heteroatoms. The van der Waals surface area contributed by atoms with E-state index in [9.17, 15) is 13.2 Å². The van der Waals surface area contributed by atoms with Crippen molar-refractivity contribution in [2.45, 2.75) is 32.1 Å². The molecule has 0 unspecified atom stereocenters. The number of nitrogens with zero attached hydrogens (tertiary/aromatic N) is 2. The summed E-state index contributed by atoms with van der Waals surface area (Å²) in [5.41, 5.74) is 1.31. The van der Waals surface area contributed by atoms with Gasteiger partial charge in [-0.15, -0.1) is 0 Å². The fourth-order valence-electron chi connectivity index (χ4n) is 4.15. The first-order valence-corrected chi connectivity index (χ1v) is 11.6. The summed E-state index contributed by atoms with van der Waals surface area (Å²) in [6, 6.07) is 8.23. The first kappa shape index (κ1) is 20.1. The van der Waals surface area contributed by atoms with Crippen LogP contribution in [0.3, 0.4) is 0 Å². The molecule has 0 N–H and O–H groups in total. The number of carbonyl (C=O) groups excluding carboxylic acids is 1. The minimum absolute atomic E-state index is 0.0267. The molecule has 0 aromatic heterocycles. The maximum absolute atomic E-state index is 12.8. The van der Waals surface area contributed by atoms with E-state index in [1.54, 1.807) is 7.11 Å². The average molecular weight is 395 g/mol. The van der Waals surface area contributed by atoms with Crippen molar-refractivity contribution < 1.29 is 17.9 Å². The van der Waals surface area contributed by atoms with E-state index in [4.69, 9.17) is 4.74 Å². The number of amides is 1. The molecule has 1 aromatic carbocycles. The summed E-state index contributed by atoms with van der Waals surface area (Å²) in [6.45, 7) is 2.55. The summed E-state index contributed by atoms with van der Waals surface area (Å²) >= 11 is 0. The molecule has 1 aromatic rings. The van der Waals surface area contributed by atoms with Crippen LogP contribution < -0.4 is 4.74 Å². The highest BCUT2D eigenvalue weighted by molar-refractivity contribution is 7.88. The summed E-state index contributed by atoms with van der Waals surface area (Å²) in [6.07, 6.45) is 5.61. The zero-order valence-electron chi connectivity index (χ0n) is 16.3. The van der Waals surface area contributed by atoms with E-state index in [1.165, 1.54) is 16.1 Å². The fraction of sp³-hybridized carbons (Fsp3) is 0.650. The smallest absolute Gasteiger partial charge is 0.225 e. The summed E-state index contributed by atoms with van der Waals surface area (Å²) in [4.78, 5) is 14.8. The van der Waals surface area contributed by atoms with Crippen LogP contribution in [0.15, 0.2) is 24.3 Å². The van der Waals surface area contributed by atoms with Crippen LogP contribution in [0, 0.1) is 11.8 Å². The summed E-state index contributed by atoms with van der Waals surface area (Å²) in [5.74, 6) is 1.67. The van der Waals surface area contributed by atoms with E-state index >= 15 is 0 Å². The molecule has 0 atom stereocenters. The summed E-state index contributed by atoms with van der Waals surface area (Å²) < 4.78 is 29.9. The Bertz CT molecular complexity index is 732. The van der Waals surface area contributed by atoms with Crippen LogP contribution in [-0.2, 0) is 21.2 Å². The molecule has 6 nitrogen and oxygen atoms in total. The van der Waals surface area contributed by atoms with Gasteiger partial charge in [-0.05, 0) is 55.7 Å². The van der Waals surface area contributed by atoms with Crippen LogP contribution in [0.2, 0.25) is 0 Å². The van der Waals surface area contributed by atoms with E-state index in [0.29, 0.717) is 31.8 Å². The number of ether oxygens (including phenoxy) is 1. The van der Waals surface area contributed by atoms with Gasteiger partial charge in [0.15, 0.2) is 0 Å². The topological polar surface area (TPSA) is 66.9 Å². The highest BCUT2D eigenvalue weighted by Crippen LogP contribution is 2.26. The molecule has 2 fully saturated rings. The van der Waals surface area contributed by atoms with Crippen LogP contribution in [0.5, 0.6) is 5.75 Å². The second kappa shape index (κ2) is 8.61. The molecule has 1 amide bonds. The van der Waals surface area contributed by atoms with Crippen LogP contribution in [0.1, 0.15) is 31.2 Å². The maximum atomic E-state index is 12.8. The van der Waals surface area contributed by atoms with Crippen molar-refractivity contribution in [3.05, 3.63) is 29.8 Å². The number of sulfonamides is 1. The van der Waals surface area contributed by atoms with Gasteiger partial charge in [0.2, 0.25) is 15.9 Å². The molecule has 0 radical (unpaired) electrons. The molecular weight excluding hydrogens is 364 g/mol. The molecule has 0 spiro atoms. The number of benzene rings is 1. The minimum Gasteiger partial charge on any atom is -0.497 e. The predicted molar refractivity (Wildman–Crippen MR) is 105 cm³/mol. The number of carbonyl (C=O) groups is 1. The number of hydrogen-bond acceptors (Lipinski definition) is 4. The lowest BCUT2D eigenvalue weighted by Gasteiger charge is -2.36. The van der Waals surface area contributed by atoms with Crippen molar-refractivity contribution >= 4 is 15.9 Å². The number of piperidine rings is 2. The highest BCUT2D eigenvalue weighted by Gasteiger charge is 2.32. The number of likely N-dealkylation sites (tertiary alicyclic amines) is 1. The average Bonchev–Trinajstić information content (AvgIpc) is 2.68. The van der Waals surface area contributed by atoms with Crippen molar-refractivity contribution in [1.82, 2.24) is 9.21 Å². The molecule has 0 aliphatic carbocycles. The maximum Gasteiger partial charge on any atom is 0.225 e. The van der Waals surface area contributed by atoms with Gasteiger partial charge >= 0.3 is 0 Å². The molecule has 2 heterocycles. The van der Waals surface area contributed by atoms with Crippen molar-refractivity contribution in [3.8, 4) is 5.75 Å². The second-order valence-electron chi connectivity index (χ2n) is 7.76. The van der Waals surface area contributed by atoms with Gasteiger partial charge in [0.05, 0.1) is 13.4 Å². The largest absolute Gasteiger partial charge is 0.497 e. The first-order valence-electron chi connectivity index (χ1n) is 9.73. The van der Waals surface area contributed by atoms with Gasteiger partial charge in [-0.25, -0.2) is 12.7 Å².